The number of phenolic OH excluding ortho intramolecular Hbond substituents is 1. The highest BCUT2D eigenvalue weighted by Gasteiger charge is 2.20. The maximum Gasteiger partial charge on any atom is 0.296 e. The fraction of sp³-hybridized carbons (Fsp3) is 0.0385. The molecule has 1 heterocycles. The second-order valence-corrected chi connectivity index (χ2v) is 12.1. The first-order chi connectivity index (χ1) is 20.3. The van der Waals surface area contributed by atoms with Crippen LogP contribution in [0, 0.1) is 6.92 Å². The molecule has 220 valence electrons. The third-order valence-electron chi connectivity index (χ3n) is 6.00. The van der Waals surface area contributed by atoms with Gasteiger partial charge in [0.2, 0.25) is 17.2 Å². The minimum Gasteiger partial charge on any atom is -0.505 e. The molecule has 0 atom stereocenters. The van der Waals surface area contributed by atoms with Crippen LogP contribution in [0.15, 0.2) is 92.8 Å². The zero-order chi connectivity index (χ0) is 30.9. The number of anilines is 4. The van der Waals surface area contributed by atoms with Gasteiger partial charge >= 0.3 is 0 Å². The van der Waals surface area contributed by atoms with Crippen LogP contribution in [0.3, 0.4) is 0 Å². The van der Waals surface area contributed by atoms with Gasteiger partial charge in [0.05, 0.1) is 10.6 Å². The number of phenols is 1. The maximum absolute atomic E-state index is 12.0. The molecule has 0 saturated heterocycles. The molecule has 17 heteroatoms. The molecule has 43 heavy (non-hydrogen) atoms. The predicted octanol–water partition coefficient (Wildman–Crippen LogP) is 6.09. The van der Waals surface area contributed by atoms with E-state index in [2.05, 4.69) is 35.8 Å². The number of nitrogens with one attached hydrogen (secondary N) is 2. The third kappa shape index (κ3) is 6.68. The molecular weight excluding hydrogens is 622 g/mol. The number of benzene rings is 4. The fourth-order valence-corrected chi connectivity index (χ4v) is 5.34. The second kappa shape index (κ2) is 11.5. The summed E-state index contributed by atoms with van der Waals surface area (Å²) in [4.78, 5) is 11.4. The Morgan fingerprint density at radius 2 is 1.37 bits per heavy atom. The molecule has 5 rings (SSSR count). The molecule has 0 aliphatic carbocycles. The molecule has 0 aliphatic rings. The Labute approximate surface area is 249 Å². The van der Waals surface area contributed by atoms with E-state index in [1.54, 1.807) is 6.07 Å². The Balaban J connectivity index is 1.61. The lowest BCUT2D eigenvalue weighted by Gasteiger charge is -2.14. The van der Waals surface area contributed by atoms with Crippen LogP contribution >= 0.6 is 11.6 Å². The Morgan fingerprint density at radius 1 is 0.744 bits per heavy atom. The summed E-state index contributed by atoms with van der Waals surface area (Å²) >= 11 is 6.13. The molecule has 0 unspecified atom stereocenters. The van der Waals surface area contributed by atoms with Gasteiger partial charge in [-0.05, 0) is 65.9 Å². The zero-order valence-corrected chi connectivity index (χ0v) is 24.2. The summed E-state index contributed by atoms with van der Waals surface area (Å²) in [5.41, 5.74) is 1.18. The van der Waals surface area contributed by atoms with Gasteiger partial charge in [-0.1, -0.05) is 36.4 Å². The van der Waals surface area contributed by atoms with E-state index in [0.29, 0.717) is 5.69 Å². The van der Waals surface area contributed by atoms with Crippen LogP contribution in [-0.2, 0) is 20.2 Å². The van der Waals surface area contributed by atoms with E-state index in [1.807, 2.05) is 25.1 Å². The number of fused-ring (bicyclic) bond motifs is 1. The van der Waals surface area contributed by atoms with E-state index in [9.17, 15) is 31.0 Å². The van der Waals surface area contributed by atoms with Gasteiger partial charge in [0, 0.05) is 11.1 Å². The topological polar surface area (TPSA) is 216 Å². The molecule has 1 aromatic heterocycles. The molecule has 5 N–H and O–H groups in total. The lowest BCUT2D eigenvalue weighted by molar-refractivity contribution is 0.480. The van der Waals surface area contributed by atoms with E-state index in [1.165, 1.54) is 30.3 Å². The number of azo groups is 1. The third-order valence-corrected chi connectivity index (χ3v) is 7.90. The normalized spacial score (nSPS) is 12.1. The highest BCUT2D eigenvalue weighted by molar-refractivity contribution is 7.86. The molecule has 5 aromatic rings. The summed E-state index contributed by atoms with van der Waals surface area (Å²) in [6, 6.07) is 17.5. The average Bonchev–Trinajstić information content (AvgIpc) is 2.92. The maximum atomic E-state index is 12.0. The number of hydrogen-bond acceptors (Lipinski definition) is 12. The largest absolute Gasteiger partial charge is 0.505 e. The van der Waals surface area contributed by atoms with Crippen molar-refractivity contribution < 1.29 is 31.0 Å². The van der Waals surface area contributed by atoms with E-state index >= 15 is 0 Å². The molecule has 0 saturated carbocycles. The minimum atomic E-state index is -4.69. The van der Waals surface area contributed by atoms with Crippen molar-refractivity contribution in [3.63, 3.8) is 0 Å². The SMILES string of the molecule is Cc1ccccc1Nc1nc(Cl)nc(Nc2cc(S(=O)(=O)O)cc3ccc(N=Nc4ccccc4S(=O)(=O)O)c(O)c23)n1. The first-order valence-corrected chi connectivity index (χ1v) is 15.3. The Kier molecular flexibility index (Phi) is 7.96. The van der Waals surface area contributed by atoms with Crippen molar-refractivity contribution in [3.05, 3.63) is 83.6 Å². The molecule has 0 amide bonds. The first-order valence-electron chi connectivity index (χ1n) is 12.1. The van der Waals surface area contributed by atoms with E-state index in [4.69, 9.17) is 11.6 Å². The smallest absolute Gasteiger partial charge is 0.296 e. The van der Waals surface area contributed by atoms with Crippen LogP contribution in [0.4, 0.5) is 34.6 Å². The Morgan fingerprint density at radius 3 is 2.05 bits per heavy atom. The van der Waals surface area contributed by atoms with Crippen LogP contribution in [0.1, 0.15) is 5.56 Å². The highest BCUT2D eigenvalue weighted by Crippen LogP contribution is 2.42. The number of aryl methyl sites for hydroxylation is 1. The van der Waals surface area contributed by atoms with Gasteiger partial charge in [-0.25, -0.2) is 0 Å². The number of para-hydroxylation sites is 1. The molecule has 0 radical (unpaired) electrons. The van der Waals surface area contributed by atoms with Gasteiger partial charge in [0.15, 0.2) is 5.75 Å². The quantitative estimate of drug-likeness (QED) is 0.0960. The summed E-state index contributed by atoms with van der Waals surface area (Å²) < 4.78 is 66.7. The van der Waals surface area contributed by atoms with Crippen LogP contribution in [-0.4, -0.2) is 46.0 Å². The first kappa shape index (κ1) is 29.7. The van der Waals surface area contributed by atoms with Crippen molar-refractivity contribution in [3.8, 4) is 5.75 Å². The highest BCUT2D eigenvalue weighted by atomic mass is 35.5. The molecule has 0 spiro atoms. The van der Waals surface area contributed by atoms with Crippen LogP contribution in [0.5, 0.6) is 5.75 Å². The van der Waals surface area contributed by atoms with Gasteiger partial charge in [0.25, 0.3) is 20.2 Å². The van der Waals surface area contributed by atoms with Gasteiger partial charge in [-0.2, -0.15) is 31.8 Å². The molecule has 14 nitrogen and oxygen atoms in total. The molecule has 0 bridgehead atoms. The van der Waals surface area contributed by atoms with Crippen LogP contribution in [0.2, 0.25) is 5.28 Å². The van der Waals surface area contributed by atoms with E-state index < -0.39 is 35.8 Å². The number of nitrogens with zero attached hydrogens (tertiary/aromatic N) is 5. The number of rotatable bonds is 8. The number of halogens is 1. The lowest BCUT2D eigenvalue weighted by atomic mass is 10.1. The van der Waals surface area contributed by atoms with Gasteiger partial charge in [0.1, 0.15) is 16.3 Å². The van der Waals surface area contributed by atoms with Gasteiger partial charge in [-0.15, -0.1) is 10.2 Å². The summed E-state index contributed by atoms with van der Waals surface area (Å²) in [6.07, 6.45) is 0. The van der Waals surface area contributed by atoms with Crippen LogP contribution in [0.25, 0.3) is 10.8 Å². The summed E-state index contributed by atoms with van der Waals surface area (Å²) in [5.74, 6) is -0.574. The van der Waals surface area contributed by atoms with Crippen molar-refractivity contribution in [2.24, 2.45) is 10.2 Å². The Bertz CT molecular complexity index is 2140. The van der Waals surface area contributed by atoms with E-state index in [0.717, 1.165) is 23.8 Å². The summed E-state index contributed by atoms with van der Waals surface area (Å²) in [7, 11) is -9.31. The van der Waals surface area contributed by atoms with Gasteiger partial charge < -0.3 is 15.7 Å². The zero-order valence-electron chi connectivity index (χ0n) is 21.8. The van der Waals surface area contributed by atoms with Crippen LogP contribution < -0.4 is 10.6 Å². The van der Waals surface area contributed by atoms with Crippen molar-refractivity contribution >= 4 is 77.3 Å². The number of hydrogen-bond donors (Lipinski definition) is 5. The molecule has 0 fully saturated rings. The molecule has 0 aliphatic heterocycles. The van der Waals surface area contributed by atoms with Crippen molar-refractivity contribution in [1.29, 1.82) is 0 Å². The van der Waals surface area contributed by atoms with Gasteiger partial charge in [-0.3, -0.25) is 9.11 Å². The van der Waals surface area contributed by atoms with Crippen molar-refractivity contribution in [2.75, 3.05) is 10.6 Å². The second-order valence-electron chi connectivity index (χ2n) is 8.94. The number of aromatic hydroxyl groups is 1. The van der Waals surface area contributed by atoms with Crippen molar-refractivity contribution in [2.45, 2.75) is 16.7 Å². The van der Waals surface area contributed by atoms with Crippen molar-refractivity contribution in [1.82, 2.24) is 15.0 Å². The standard InChI is InChI=1S/C26H20ClN7O7S2/c1-14-6-2-3-7-17(14)28-25-30-24(27)31-26(32-25)29-20-13-16(42(36,37)38)12-15-10-11-19(23(35)22(15)20)34-33-18-8-4-5-9-21(18)43(39,40)41/h2-13,35H,1H3,(H,36,37,38)(H,39,40,41)(H2,28,29,30,31,32). The Hall–Kier alpha value is -4.74. The van der Waals surface area contributed by atoms with E-state index in [-0.39, 0.29) is 45.0 Å². The predicted molar refractivity (Wildman–Crippen MR) is 158 cm³/mol. The minimum absolute atomic E-state index is 0.0249. The molecular formula is C26H20ClN7O7S2. The molecule has 4 aromatic carbocycles. The summed E-state index contributed by atoms with van der Waals surface area (Å²) in [5, 5.41) is 24.8. The number of aromatic nitrogens is 3. The average molecular weight is 642 g/mol. The lowest BCUT2D eigenvalue weighted by Crippen LogP contribution is -2.06. The fourth-order valence-electron chi connectivity index (χ4n) is 4.02. The summed E-state index contributed by atoms with van der Waals surface area (Å²) in [6.45, 7) is 1.87. The monoisotopic (exact) mass is 641 g/mol.